The maximum absolute atomic E-state index is 12.0. The van der Waals surface area contributed by atoms with Crippen molar-refractivity contribution in [3.63, 3.8) is 0 Å². The Morgan fingerprint density at radius 3 is 2.39 bits per heavy atom. The molecular weight excluding hydrogens is 254 g/mol. The first-order valence-electron chi connectivity index (χ1n) is 5.73. The van der Waals surface area contributed by atoms with E-state index >= 15 is 0 Å². The van der Waals surface area contributed by atoms with Crippen LogP contribution in [0.3, 0.4) is 0 Å². The quantitative estimate of drug-likeness (QED) is 0.792. The summed E-state index contributed by atoms with van der Waals surface area (Å²) in [6, 6.07) is 8.03. The van der Waals surface area contributed by atoms with Crippen molar-refractivity contribution in [1.82, 2.24) is 4.90 Å². The molecule has 0 unspecified atom stereocenters. The summed E-state index contributed by atoms with van der Waals surface area (Å²) in [5.74, 6) is -0.834. The molecule has 1 aromatic rings. The van der Waals surface area contributed by atoms with Gasteiger partial charge in [0.15, 0.2) is 9.84 Å². The molecule has 1 amide bonds. The molecule has 0 radical (unpaired) electrons. The Hall–Kier alpha value is -1.40. The Morgan fingerprint density at radius 1 is 1.17 bits per heavy atom. The minimum atomic E-state index is -3.54. The van der Waals surface area contributed by atoms with Gasteiger partial charge in [0, 0.05) is 13.1 Å². The molecule has 5 nitrogen and oxygen atoms in total. The molecule has 1 heterocycles. The maximum atomic E-state index is 12.0. The number of ether oxygens (including phenoxy) is 1. The van der Waals surface area contributed by atoms with Crippen molar-refractivity contribution in [3.8, 4) is 0 Å². The second-order valence-electron chi connectivity index (χ2n) is 4.07. The number of benzene rings is 1. The van der Waals surface area contributed by atoms with E-state index in [1.807, 2.05) is 0 Å². The molecule has 1 saturated heterocycles. The fraction of sp³-hybridized carbons (Fsp3) is 0.417. The second-order valence-corrected chi connectivity index (χ2v) is 6.05. The van der Waals surface area contributed by atoms with E-state index in [4.69, 9.17) is 4.74 Å². The highest BCUT2D eigenvalue weighted by Gasteiger charge is 2.24. The Bertz CT molecular complexity index is 506. The Kier molecular flexibility index (Phi) is 3.98. The predicted molar refractivity (Wildman–Crippen MR) is 65.9 cm³/mol. The van der Waals surface area contributed by atoms with Crippen molar-refractivity contribution >= 4 is 15.7 Å². The van der Waals surface area contributed by atoms with Crippen molar-refractivity contribution < 1.29 is 17.9 Å². The van der Waals surface area contributed by atoms with Crippen molar-refractivity contribution in [2.45, 2.75) is 4.90 Å². The van der Waals surface area contributed by atoms with Crippen molar-refractivity contribution in [3.05, 3.63) is 30.3 Å². The van der Waals surface area contributed by atoms with E-state index in [9.17, 15) is 13.2 Å². The zero-order valence-electron chi connectivity index (χ0n) is 9.91. The van der Waals surface area contributed by atoms with Gasteiger partial charge in [0.2, 0.25) is 5.91 Å². The van der Waals surface area contributed by atoms with Crippen LogP contribution < -0.4 is 0 Å². The number of carbonyl (C=O) groups is 1. The van der Waals surface area contributed by atoms with Crippen LogP contribution in [0.15, 0.2) is 35.2 Å². The fourth-order valence-electron chi connectivity index (χ4n) is 1.78. The topological polar surface area (TPSA) is 63.7 Å². The standard InChI is InChI=1S/C12H15NO4S/c14-12(13-6-8-17-9-7-13)10-18(15,16)11-4-2-1-3-5-11/h1-5H,6-10H2. The summed E-state index contributed by atoms with van der Waals surface area (Å²) in [5, 5.41) is 0. The number of amides is 1. The molecule has 0 bridgehead atoms. The predicted octanol–water partition coefficient (Wildman–Crippen LogP) is 0.319. The van der Waals surface area contributed by atoms with Gasteiger partial charge in [-0.05, 0) is 12.1 Å². The summed E-state index contributed by atoms with van der Waals surface area (Å²) >= 11 is 0. The van der Waals surface area contributed by atoms with Crippen LogP contribution in [-0.4, -0.2) is 51.3 Å². The molecule has 0 aromatic heterocycles. The van der Waals surface area contributed by atoms with Gasteiger partial charge in [-0.25, -0.2) is 8.42 Å². The Balaban J connectivity index is 2.06. The molecule has 0 N–H and O–H groups in total. The zero-order valence-corrected chi connectivity index (χ0v) is 10.7. The van der Waals surface area contributed by atoms with Crippen LogP contribution in [0.25, 0.3) is 0 Å². The van der Waals surface area contributed by atoms with Gasteiger partial charge in [-0.2, -0.15) is 0 Å². The number of rotatable bonds is 3. The third kappa shape index (κ3) is 3.08. The number of hydrogen-bond donors (Lipinski definition) is 0. The first-order valence-corrected chi connectivity index (χ1v) is 7.38. The molecule has 0 atom stereocenters. The lowest BCUT2D eigenvalue weighted by Crippen LogP contribution is -2.43. The normalized spacial score (nSPS) is 16.6. The van der Waals surface area contributed by atoms with Crippen LogP contribution >= 0.6 is 0 Å². The molecule has 1 aromatic carbocycles. The third-order valence-corrected chi connectivity index (χ3v) is 4.40. The molecule has 1 aliphatic heterocycles. The Labute approximate surface area is 106 Å². The molecule has 0 aliphatic carbocycles. The van der Waals surface area contributed by atoms with Gasteiger partial charge >= 0.3 is 0 Å². The SMILES string of the molecule is O=C(CS(=O)(=O)c1ccccc1)N1CCOCC1. The van der Waals surface area contributed by atoms with Gasteiger partial charge in [0.05, 0.1) is 18.1 Å². The Morgan fingerprint density at radius 2 is 1.78 bits per heavy atom. The highest BCUT2D eigenvalue weighted by atomic mass is 32.2. The monoisotopic (exact) mass is 269 g/mol. The molecule has 2 rings (SSSR count). The van der Waals surface area contributed by atoms with Crippen LogP contribution in [0.1, 0.15) is 0 Å². The first-order chi connectivity index (χ1) is 8.59. The summed E-state index contributed by atoms with van der Waals surface area (Å²) in [6.07, 6.45) is 0. The molecule has 0 spiro atoms. The molecule has 0 saturated carbocycles. The van der Waals surface area contributed by atoms with Crippen molar-refractivity contribution in [1.29, 1.82) is 0 Å². The summed E-state index contributed by atoms with van der Waals surface area (Å²) in [7, 11) is -3.54. The molecule has 6 heteroatoms. The van der Waals surface area contributed by atoms with Crippen LogP contribution in [0.4, 0.5) is 0 Å². The first kappa shape index (κ1) is 13.0. The lowest BCUT2D eigenvalue weighted by Gasteiger charge is -2.26. The summed E-state index contributed by atoms with van der Waals surface area (Å²) in [5.41, 5.74) is 0. The van der Waals surface area contributed by atoms with E-state index in [1.54, 1.807) is 18.2 Å². The second kappa shape index (κ2) is 5.49. The molecular formula is C12H15NO4S. The van der Waals surface area contributed by atoms with Gasteiger partial charge in [-0.1, -0.05) is 18.2 Å². The van der Waals surface area contributed by atoms with Gasteiger partial charge in [0.1, 0.15) is 5.75 Å². The zero-order chi connectivity index (χ0) is 13.0. The lowest BCUT2D eigenvalue weighted by atomic mass is 10.4. The van der Waals surface area contributed by atoms with E-state index in [2.05, 4.69) is 0 Å². The van der Waals surface area contributed by atoms with E-state index in [-0.39, 0.29) is 10.8 Å². The summed E-state index contributed by atoms with van der Waals surface area (Å²) in [6.45, 7) is 1.86. The largest absolute Gasteiger partial charge is 0.378 e. The van der Waals surface area contributed by atoms with Gasteiger partial charge in [-0.3, -0.25) is 4.79 Å². The minimum Gasteiger partial charge on any atom is -0.378 e. The number of carbonyl (C=O) groups excluding carboxylic acids is 1. The molecule has 1 fully saturated rings. The number of hydrogen-bond acceptors (Lipinski definition) is 4. The van der Waals surface area contributed by atoms with Crippen LogP contribution in [0, 0.1) is 0 Å². The summed E-state index contributed by atoms with van der Waals surface area (Å²) < 4.78 is 29.1. The highest BCUT2D eigenvalue weighted by Crippen LogP contribution is 2.11. The smallest absolute Gasteiger partial charge is 0.238 e. The minimum absolute atomic E-state index is 0.187. The van der Waals surface area contributed by atoms with Crippen molar-refractivity contribution in [2.24, 2.45) is 0 Å². The number of sulfone groups is 1. The van der Waals surface area contributed by atoms with Gasteiger partial charge in [-0.15, -0.1) is 0 Å². The van der Waals surface area contributed by atoms with Crippen LogP contribution in [0.5, 0.6) is 0 Å². The molecule has 1 aliphatic rings. The maximum Gasteiger partial charge on any atom is 0.238 e. The lowest BCUT2D eigenvalue weighted by molar-refractivity contribution is -0.132. The molecule has 98 valence electrons. The number of morpholine rings is 1. The average Bonchev–Trinajstić information content (AvgIpc) is 2.40. The van der Waals surface area contributed by atoms with E-state index in [0.29, 0.717) is 26.3 Å². The molecule has 18 heavy (non-hydrogen) atoms. The van der Waals surface area contributed by atoms with Crippen molar-refractivity contribution in [2.75, 3.05) is 32.1 Å². The van der Waals surface area contributed by atoms with E-state index in [0.717, 1.165) is 0 Å². The van der Waals surface area contributed by atoms with E-state index < -0.39 is 15.6 Å². The van der Waals surface area contributed by atoms with E-state index in [1.165, 1.54) is 17.0 Å². The van der Waals surface area contributed by atoms with Crippen LogP contribution in [0.2, 0.25) is 0 Å². The van der Waals surface area contributed by atoms with Gasteiger partial charge < -0.3 is 9.64 Å². The van der Waals surface area contributed by atoms with Crippen LogP contribution in [-0.2, 0) is 19.4 Å². The number of nitrogens with zero attached hydrogens (tertiary/aromatic N) is 1. The summed E-state index contributed by atoms with van der Waals surface area (Å²) in [4.78, 5) is 13.6. The highest BCUT2D eigenvalue weighted by molar-refractivity contribution is 7.92. The third-order valence-electron chi connectivity index (χ3n) is 2.78. The van der Waals surface area contributed by atoms with Gasteiger partial charge in [0.25, 0.3) is 0 Å². The average molecular weight is 269 g/mol. The fourth-order valence-corrected chi connectivity index (χ4v) is 3.02.